The highest BCUT2D eigenvalue weighted by Crippen LogP contribution is 2.36. The first-order chi connectivity index (χ1) is 13.3. The monoisotopic (exact) mass is 390 g/mol. The minimum absolute atomic E-state index is 0.368. The fourth-order valence-electron chi connectivity index (χ4n) is 3.72. The number of hydrogen-bond acceptors (Lipinski definition) is 7. The summed E-state index contributed by atoms with van der Waals surface area (Å²) in [5.41, 5.74) is 5.71. The summed E-state index contributed by atoms with van der Waals surface area (Å²) in [6.07, 6.45) is 8.22. The van der Waals surface area contributed by atoms with E-state index in [1.165, 1.54) is 32.4 Å². The van der Waals surface area contributed by atoms with Crippen molar-refractivity contribution >= 4 is 12.6 Å². The van der Waals surface area contributed by atoms with Crippen molar-refractivity contribution in [3.05, 3.63) is 12.4 Å². The lowest BCUT2D eigenvalue weighted by Gasteiger charge is -2.32. The maximum absolute atomic E-state index is 6.03. The molecule has 2 aliphatic heterocycles. The first kappa shape index (κ1) is 21.5. The molecule has 2 saturated heterocycles. The number of hydrogen-bond donors (Lipinski definition) is 1. The molecule has 7 nitrogen and oxygen atoms in total. The van der Waals surface area contributed by atoms with Gasteiger partial charge >= 0.3 is 13.1 Å². The van der Waals surface area contributed by atoms with Gasteiger partial charge in [0.25, 0.3) is 0 Å². The largest absolute Gasteiger partial charge is 0.498 e. The summed E-state index contributed by atoms with van der Waals surface area (Å²) in [6.45, 7) is 12.9. The summed E-state index contributed by atoms with van der Waals surface area (Å²) in [7, 11) is -0.441. The first-order valence-corrected chi connectivity index (χ1v) is 10.5. The lowest BCUT2D eigenvalue weighted by Crippen LogP contribution is -2.41. The summed E-state index contributed by atoms with van der Waals surface area (Å²) in [5.74, 6) is 0.796. The standard InChI is InChI=1S/C20H35BN4O3/c1-19(2)20(3,4)28-21(27-19)17-14-23-18(24-15-17)26-13-5-6-16-7-10-25(11-8-16)12-9-22/h14-16H,5-13,22H2,1-4H3. The van der Waals surface area contributed by atoms with E-state index in [9.17, 15) is 0 Å². The van der Waals surface area contributed by atoms with E-state index in [0.29, 0.717) is 12.6 Å². The average Bonchev–Trinajstić information content (AvgIpc) is 2.88. The highest BCUT2D eigenvalue weighted by molar-refractivity contribution is 6.61. The maximum Gasteiger partial charge on any atom is 0.498 e. The van der Waals surface area contributed by atoms with E-state index >= 15 is 0 Å². The number of rotatable bonds is 8. The normalized spacial score (nSPS) is 22.5. The Kier molecular flexibility index (Phi) is 6.96. The second-order valence-corrected chi connectivity index (χ2v) is 8.95. The molecule has 0 saturated carbocycles. The highest BCUT2D eigenvalue weighted by atomic mass is 16.7. The molecule has 3 heterocycles. The second-order valence-electron chi connectivity index (χ2n) is 8.95. The van der Waals surface area contributed by atoms with Crippen LogP contribution in [0.1, 0.15) is 53.4 Å². The van der Waals surface area contributed by atoms with Crippen LogP contribution in [-0.4, -0.2) is 66.0 Å². The van der Waals surface area contributed by atoms with E-state index in [-0.39, 0.29) is 11.2 Å². The van der Waals surface area contributed by atoms with Crippen molar-refractivity contribution in [2.75, 3.05) is 32.8 Å². The summed E-state index contributed by atoms with van der Waals surface area (Å²) in [6, 6.07) is 0.415. The molecule has 0 aromatic carbocycles. The Morgan fingerprint density at radius 3 is 2.32 bits per heavy atom. The molecule has 2 N–H and O–H groups in total. The Morgan fingerprint density at radius 2 is 1.75 bits per heavy atom. The van der Waals surface area contributed by atoms with E-state index < -0.39 is 7.12 Å². The van der Waals surface area contributed by atoms with Gasteiger partial charge in [-0.05, 0) is 72.4 Å². The highest BCUT2D eigenvalue weighted by Gasteiger charge is 2.51. The van der Waals surface area contributed by atoms with Crippen LogP contribution in [0.5, 0.6) is 6.01 Å². The Balaban J connectivity index is 1.38. The summed E-state index contributed by atoms with van der Waals surface area (Å²) in [5, 5.41) is 0. The van der Waals surface area contributed by atoms with Crippen LogP contribution in [0.25, 0.3) is 0 Å². The Hall–Kier alpha value is -1.22. The number of ether oxygens (including phenoxy) is 1. The predicted octanol–water partition coefficient (Wildman–Crippen LogP) is 1.61. The van der Waals surface area contributed by atoms with Gasteiger partial charge in [0.05, 0.1) is 17.8 Å². The van der Waals surface area contributed by atoms with E-state index in [0.717, 1.165) is 30.9 Å². The molecule has 3 rings (SSSR count). The van der Waals surface area contributed by atoms with Gasteiger partial charge in [0.15, 0.2) is 0 Å². The molecule has 0 amide bonds. The second kappa shape index (κ2) is 9.07. The third kappa shape index (κ3) is 5.23. The van der Waals surface area contributed by atoms with E-state index in [2.05, 4.69) is 14.9 Å². The summed E-state index contributed by atoms with van der Waals surface area (Å²) >= 11 is 0. The zero-order chi connectivity index (χ0) is 20.2. The van der Waals surface area contributed by atoms with E-state index in [4.69, 9.17) is 19.8 Å². The van der Waals surface area contributed by atoms with Gasteiger partial charge in [-0.2, -0.15) is 0 Å². The fourth-order valence-corrected chi connectivity index (χ4v) is 3.72. The third-order valence-corrected chi connectivity index (χ3v) is 6.31. The molecular weight excluding hydrogens is 355 g/mol. The minimum Gasteiger partial charge on any atom is -0.463 e. The van der Waals surface area contributed by atoms with Crippen LogP contribution in [0.15, 0.2) is 12.4 Å². The molecule has 1 aromatic rings. The van der Waals surface area contributed by atoms with Crippen molar-refractivity contribution in [2.45, 2.75) is 64.6 Å². The first-order valence-electron chi connectivity index (χ1n) is 10.5. The molecule has 1 aromatic heterocycles. The molecular formula is C20H35BN4O3. The quantitative estimate of drug-likeness (QED) is 0.533. The number of nitrogens with zero attached hydrogens (tertiary/aromatic N) is 3. The van der Waals surface area contributed by atoms with Crippen molar-refractivity contribution in [1.82, 2.24) is 14.9 Å². The van der Waals surface area contributed by atoms with Crippen molar-refractivity contribution in [3.8, 4) is 6.01 Å². The Bertz CT molecular complexity index is 602. The molecule has 0 aliphatic carbocycles. The van der Waals surface area contributed by atoms with Crippen molar-refractivity contribution in [2.24, 2.45) is 11.7 Å². The molecule has 0 atom stereocenters. The van der Waals surface area contributed by atoms with Gasteiger partial charge in [-0.3, -0.25) is 0 Å². The molecule has 0 unspecified atom stereocenters. The van der Waals surface area contributed by atoms with Gasteiger partial charge in [0.1, 0.15) is 0 Å². The molecule has 8 heteroatoms. The van der Waals surface area contributed by atoms with Crippen molar-refractivity contribution < 1.29 is 14.0 Å². The van der Waals surface area contributed by atoms with Gasteiger partial charge in [-0.1, -0.05) is 0 Å². The molecule has 0 radical (unpaired) electrons. The maximum atomic E-state index is 6.03. The van der Waals surface area contributed by atoms with Crippen LogP contribution in [0.3, 0.4) is 0 Å². The predicted molar refractivity (Wildman–Crippen MR) is 111 cm³/mol. The van der Waals surface area contributed by atoms with Gasteiger partial charge < -0.3 is 24.7 Å². The topological polar surface area (TPSA) is 82.7 Å². The van der Waals surface area contributed by atoms with Crippen LogP contribution < -0.4 is 15.9 Å². The smallest absolute Gasteiger partial charge is 0.463 e. The Morgan fingerprint density at radius 1 is 1.14 bits per heavy atom. The van der Waals surface area contributed by atoms with Gasteiger partial charge in [-0.25, -0.2) is 9.97 Å². The zero-order valence-electron chi connectivity index (χ0n) is 17.8. The van der Waals surface area contributed by atoms with Crippen LogP contribution >= 0.6 is 0 Å². The fraction of sp³-hybridized carbons (Fsp3) is 0.800. The number of aromatic nitrogens is 2. The molecule has 0 bridgehead atoms. The summed E-state index contributed by atoms with van der Waals surface area (Å²) < 4.78 is 17.8. The molecule has 0 spiro atoms. The van der Waals surface area contributed by atoms with Crippen LogP contribution in [0, 0.1) is 5.92 Å². The lowest BCUT2D eigenvalue weighted by atomic mass is 9.81. The Labute approximate surface area is 169 Å². The van der Waals surface area contributed by atoms with Gasteiger partial charge in [0.2, 0.25) is 0 Å². The van der Waals surface area contributed by atoms with Crippen LogP contribution in [0.2, 0.25) is 0 Å². The lowest BCUT2D eigenvalue weighted by molar-refractivity contribution is 0.00578. The van der Waals surface area contributed by atoms with Crippen molar-refractivity contribution in [3.63, 3.8) is 0 Å². The molecule has 2 aliphatic rings. The number of nitrogens with two attached hydrogens (primary N) is 1. The summed E-state index contributed by atoms with van der Waals surface area (Å²) in [4.78, 5) is 11.1. The van der Waals surface area contributed by atoms with Crippen LogP contribution in [-0.2, 0) is 9.31 Å². The van der Waals surface area contributed by atoms with Gasteiger partial charge in [-0.15, -0.1) is 0 Å². The van der Waals surface area contributed by atoms with Crippen LogP contribution in [0.4, 0.5) is 0 Å². The molecule has 28 heavy (non-hydrogen) atoms. The minimum atomic E-state index is -0.441. The molecule has 2 fully saturated rings. The SMILES string of the molecule is CC1(C)OB(c2cnc(OCCCC3CCN(CCN)CC3)nc2)OC1(C)C. The van der Waals surface area contributed by atoms with Crippen molar-refractivity contribution in [1.29, 1.82) is 0 Å². The van der Waals surface area contributed by atoms with Gasteiger partial charge in [0, 0.05) is 30.9 Å². The molecule has 156 valence electrons. The van der Waals surface area contributed by atoms with E-state index in [1.807, 2.05) is 27.7 Å². The third-order valence-electron chi connectivity index (χ3n) is 6.31. The zero-order valence-corrected chi connectivity index (χ0v) is 17.8. The average molecular weight is 390 g/mol. The number of likely N-dealkylation sites (tertiary alicyclic amines) is 1. The number of piperidine rings is 1. The van der Waals surface area contributed by atoms with E-state index in [1.54, 1.807) is 12.4 Å².